The molecular weight excluding hydrogens is 235 g/mol. The van der Waals surface area contributed by atoms with Crippen molar-refractivity contribution in [3.63, 3.8) is 0 Å². The fourth-order valence-corrected chi connectivity index (χ4v) is 2.96. The summed E-state index contributed by atoms with van der Waals surface area (Å²) >= 11 is 1.69. The maximum Gasteiger partial charge on any atom is 0.161 e. The van der Waals surface area contributed by atoms with E-state index < -0.39 is 0 Å². The molecule has 1 N–H and O–H groups in total. The first-order valence-corrected chi connectivity index (χ1v) is 6.71. The van der Waals surface area contributed by atoms with Crippen LogP contribution in [0.25, 0.3) is 0 Å². The van der Waals surface area contributed by atoms with E-state index in [4.69, 9.17) is 0 Å². The number of nitrogens with zero attached hydrogens (tertiary/aromatic N) is 1. The van der Waals surface area contributed by atoms with Gasteiger partial charge in [-0.1, -0.05) is 17.8 Å². The Bertz CT molecular complexity index is 455. The smallest absolute Gasteiger partial charge is 0.161 e. The third-order valence-corrected chi connectivity index (χ3v) is 3.67. The highest BCUT2D eigenvalue weighted by Crippen LogP contribution is 2.27. The van der Waals surface area contributed by atoms with E-state index >= 15 is 0 Å². The summed E-state index contributed by atoms with van der Waals surface area (Å²) in [6.07, 6.45) is 1.07. The maximum atomic E-state index is 13.2. The Hall–Kier alpha value is -1.03. The maximum absolute atomic E-state index is 13.2. The number of thioether (sulfide) groups is 1. The molecule has 0 unspecified atom stereocenters. The van der Waals surface area contributed by atoms with Crippen LogP contribution in [-0.4, -0.2) is 16.5 Å². The Morgan fingerprint density at radius 1 is 1.41 bits per heavy atom. The van der Waals surface area contributed by atoms with Crippen molar-refractivity contribution in [2.24, 2.45) is 4.99 Å². The second kappa shape index (κ2) is 4.69. The van der Waals surface area contributed by atoms with Crippen molar-refractivity contribution >= 4 is 22.6 Å². The summed E-state index contributed by atoms with van der Waals surface area (Å²) in [5.41, 5.74) is 1.81. The first-order chi connectivity index (χ1) is 7.96. The van der Waals surface area contributed by atoms with Gasteiger partial charge in [0, 0.05) is 11.4 Å². The molecule has 1 aliphatic heterocycles. The normalized spacial score (nSPS) is 18.7. The number of aryl methyl sites for hydroxylation is 1. The highest BCUT2D eigenvalue weighted by Gasteiger charge is 2.22. The van der Waals surface area contributed by atoms with Crippen LogP contribution < -0.4 is 5.32 Å². The standard InChI is InChI=1S/C13H17FN2S/c1-9-4-5-10(14)8-11(9)15-12-16-13(2,3)6-7-17-12/h4-5,8H,6-7H2,1-3H3,(H,15,16). The molecule has 0 saturated heterocycles. The average molecular weight is 252 g/mol. The van der Waals surface area contributed by atoms with Crippen molar-refractivity contribution in [3.8, 4) is 0 Å². The molecule has 1 aliphatic rings. The minimum absolute atomic E-state index is 0.0190. The van der Waals surface area contributed by atoms with Gasteiger partial charge in [-0.15, -0.1) is 0 Å². The van der Waals surface area contributed by atoms with E-state index in [1.807, 2.05) is 6.92 Å². The van der Waals surface area contributed by atoms with Crippen molar-refractivity contribution < 1.29 is 4.39 Å². The number of hydrogen-bond donors (Lipinski definition) is 1. The van der Waals surface area contributed by atoms with Gasteiger partial charge in [0.05, 0.1) is 5.54 Å². The molecule has 0 amide bonds. The zero-order chi connectivity index (χ0) is 12.5. The molecule has 0 fully saturated rings. The number of benzene rings is 1. The number of anilines is 1. The first-order valence-electron chi connectivity index (χ1n) is 5.72. The lowest BCUT2D eigenvalue weighted by atomic mass is 10.0. The molecule has 2 nitrogen and oxygen atoms in total. The van der Waals surface area contributed by atoms with Gasteiger partial charge >= 0.3 is 0 Å². The summed E-state index contributed by atoms with van der Waals surface area (Å²) in [7, 11) is 0. The molecule has 0 aromatic heterocycles. The number of amidine groups is 1. The van der Waals surface area contributed by atoms with Gasteiger partial charge in [-0.25, -0.2) is 4.39 Å². The van der Waals surface area contributed by atoms with Crippen LogP contribution in [0.5, 0.6) is 0 Å². The zero-order valence-corrected chi connectivity index (χ0v) is 11.2. The number of hydrogen-bond acceptors (Lipinski definition) is 3. The lowest BCUT2D eigenvalue weighted by Gasteiger charge is -2.26. The molecule has 0 saturated carbocycles. The van der Waals surface area contributed by atoms with Gasteiger partial charge in [-0.05, 0) is 44.9 Å². The summed E-state index contributed by atoms with van der Waals surface area (Å²) in [5.74, 6) is 0.825. The lowest BCUT2D eigenvalue weighted by Crippen LogP contribution is -2.27. The van der Waals surface area contributed by atoms with E-state index in [-0.39, 0.29) is 11.4 Å². The quantitative estimate of drug-likeness (QED) is 0.821. The van der Waals surface area contributed by atoms with Crippen LogP contribution in [0.4, 0.5) is 10.1 Å². The minimum Gasteiger partial charge on any atom is -0.335 e. The predicted octanol–water partition coefficient (Wildman–Crippen LogP) is 3.82. The number of nitrogens with one attached hydrogen (secondary N) is 1. The Morgan fingerprint density at radius 2 is 2.18 bits per heavy atom. The summed E-state index contributed by atoms with van der Waals surface area (Å²) in [6.45, 7) is 6.20. The molecule has 1 aromatic rings. The van der Waals surface area contributed by atoms with E-state index in [1.54, 1.807) is 17.8 Å². The number of halogens is 1. The molecule has 0 spiro atoms. The van der Waals surface area contributed by atoms with E-state index in [0.717, 1.165) is 28.6 Å². The van der Waals surface area contributed by atoms with E-state index in [0.29, 0.717) is 0 Å². The third-order valence-electron chi connectivity index (χ3n) is 2.80. The lowest BCUT2D eigenvalue weighted by molar-refractivity contribution is 0.507. The number of aliphatic imine (C=N–C) groups is 1. The van der Waals surface area contributed by atoms with Gasteiger partial charge in [0.2, 0.25) is 0 Å². The highest BCUT2D eigenvalue weighted by atomic mass is 32.2. The molecular formula is C13H17FN2S. The Balaban J connectivity index is 2.21. The van der Waals surface area contributed by atoms with Crippen molar-refractivity contribution in [1.82, 2.24) is 0 Å². The second-order valence-electron chi connectivity index (χ2n) is 4.91. The largest absolute Gasteiger partial charge is 0.335 e. The molecule has 17 heavy (non-hydrogen) atoms. The fourth-order valence-electron chi connectivity index (χ4n) is 1.67. The average Bonchev–Trinajstić information content (AvgIpc) is 2.22. The number of rotatable bonds is 1. The van der Waals surface area contributed by atoms with Crippen molar-refractivity contribution in [2.75, 3.05) is 11.1 Å². The first kappa shape index (κ1) is 12.4. The van der Waals surface area contributed by atoms with Gasteiger partial charge < -0.3 is 5.32 Å². The van der Waals surface area contributed by atoms with Gasteiger partial charge in [0.15, 0.2) is 5.17 Å². The van der Waals surface area contributed by atoms with Crippen molar-refractivity contribution in [2.45, 2.75) is 32.7 Å². The molecule has 1 aromatic carbocycles. The molecule has 2 rings (SSSR count). The molecule has 0 radical (unpaired) electrons. The topological polar surface area (TPSA) is 24.4 Å². The summed E-state index contributed by atoms with van der Waals surface area (Å²) < 4.78 is 13.2. The van der Waals surface area contributed by atoms with Crippen molar-refractivity contribution in [1.29, 1.82) is 0 Å². The third kappa shape index (κ3) is 3.22. The Morgan fingerprint density at radius 3 is 2.88 bits per heavy atom. The van der Waals surface area contributed by atoms with Crippen LogP contribution in [-0.2, 0) is 0 Å². The molecule has 0 aliphatic carbocycles. The van der Waals surface area contributed by atoms with Crippen LogP contribution in [0.15, 0.2) is 23.2 Å². The molecule has 4 heteroatoms. The summed E-state index contributed by atoms with van der Waals surface area (Å²) in [4.78, 5) is 4.63. The zero-order valence-electron chi connectivity index (χ0n) is 10.4. The summed E-state index contributed by atoms with van der Waals surface area (Å²) in [5, 5.41) is 4.10. The van der Waals surface area contributed by atoms with Crippen LogP contribution in [0.1, 0.15) is 25.8 Å². The molecule has 0 atom stereocenters. The van der Waals surface area contributed by atoms with Gasteiger partial charge in [-0.2, -0.15) is 0 Å². The van der Waals surface area contributed by atoms with Gasteiger partial charge in [0.25, 0.3) is 0 Å². The molecule has 92 valence electrons. The van der Waals surface area contributed by atoms with Crippen LogP contribution in [0.3, 0.4) is 0 Å². The monoisotopic (exact) mass is 252 g/mol. The van der Waals surface area contributed by atoms with Crippen LogP contribution in [0.2, 0.25) is 0 Å². The Kier molecular flexibility index (Phi) is 3.43. The van der Waals surface area contributed by atoms with Crippen molar-refractivity contribution in [3.05, 3.63) is 29.6 Å². The highest BCUT2D eigenvalue weighted by molar-refractivity contribution is 8.14. The van der Waals surface area contributed by atoms with Gasteiger partial charge in [0.1, 0.15) is 5.82 Å². The molecule has 0 bridgehead atoms. The minimum atomic E-state index is -0.223. The van der Waals surface area contributed by atoms with Gasteiger partial charge in [-0.3, -0.25) is 4.99 Å². The second-order valence-corrected chi connectivity index (χ2v) is 6.00. The fraction of sp³-hybridized carbons (Fsp3) is 0.462. The van der Waals surface area contributed by atoms with Crippen LogP contribution >= 0.6 is 11.8 Å². The molecule has 1 heterocycles. The summed E-state index contributed by atoms with van der Waals surface area (Å²) in [6, 6.07) is 4.76. The predicted molar refractivity (Wildman–Crippen MR) is 73.3 cm³/mol. The SMILES string of the molecule is Cc1ccc(F)cc1NC1=NC(C)(C)CCS1. The van der Waals surface area contributed by atoms with E-state index in [1.165, 1.54) is 12.1 Å². The van der Waals surface area contributed by atoms with E-state index in [9.17, 15) is 4.39 Å². The van der Waals surface area contributed by atoms with E-state index in [2.05, 4.69) is 24.2 Å². The Labute approximate surface area is 106 Å². The van der Waals surface area contributed by atoms with Crippen LogP contribution in [0, 0.1) is 12.7 Å².